The number of carbonyl (C=O) groups is 1. The van der Waals surface area contributed by atoms with E-state index >= 15 is 0 Å². The Balaban J connectivity index is 1.76. The summed E-state index contributed by atoms with van der Waals surface area (Å²) in [4.78, 5) is 18.2. The number of hydrogen-bond donors (Lipinski definition) is 2. The molecule has 9 heteroatoms. The second kappa shape index (κ2) is 9.67. The lowest BCUT2D eigenvalue weighted by molar-refractivity contribution is -0.113. The Bertz CT molecular complexity index is 1160. The molecule has 0 fully saturated rings. The monoisotopic (exact) mass is 469 g/mol. The van der Waals surface area contributed by atoms with Gasteiger partial charge >= 0.3 is 0 Å². The van der Waals surface area contributed by atoms with Crippen LogP contribution in [0.3, 0.4) is 0 Å². The van der Waals surface area contributed by atoms with Crippen molar-refractivity contribution < 1.29 is 9.53 Å². The standard InChI is InChI=1S/C23H24ClN5O2S/c1-4-31-18-9-7-6-8-17(18)26-21(30)19-14(3)25-22-27-23(32-5-2)28-29(22)20(19)15-10-12-16(24)13-11-15/h6-13,20H,4-5H2,1-3H3,(H,26,30)(H,25,27,28). The Hall–Kier alpha value is -2.97. The lowest BCUT2D eigenvalue weighted by Crippen LogP contribution is -2.31. The highest BCUT2D eigenvalue weighted by atomic mass is 35.5. The van der Waals surface area contributed by atoms with E-state index in [1.165, 1.54) is 0 Å². The topological polar surface area (TPSA) is 81.1 Å². The van der Waals surface area contributed by atoms with Crippen molar-refractivity contribution in [3.63, 3.8) is 0 Å². The smallest absolute Gasteiger partial charge is 0.255 e. The molecule has 2 aromatic carbocycles. The van der Waals surface area contributed by atoms with Crippen LogP contribution in [0.4, 0.5) is 11.6 Å². The highest BCUT2D eigenvalue weighted by Gasteiger charge is 2.34. The first kappa shape index (κ1) is 22.2. The SMILES string of the molecule is CCOc1ccccc1NC(=O)C1=C(C)Nc2nc(SCC)nn2C1c1ccc(Cl)cc1. The van der Waals surface area contributed by atoms with E-state index in [9.17, 15) is 4.79 Å². The Kier molecular flexibility index (Phi) is 6.72. The van der Waals surface area contributed by atoms with E-state index in [1.54, 1.807) is 16.4 Å². The predicted octanol–water partition coefficient (Wildman–Crippen LogP) is 5.37. The summed E-state index contributed by atoms with van der Waals surface area (Å²) in [5, 5.41) is 12.2. The Morgan fingerprint density at radius 2 is 1.97 bits per heavy atom. The summed E-state index contributed by atoms with van der Waals surface area (Å²) in [6.07, 6.45) is 0. The van der Waals surface area contributed by atoms with Gasteiger partial charge in [-0.1, -0.05) is 54.6 Å². The Labute approximate surface area is 196 Å². The first-order valence-corrected chi connectivity index (χ1v) is 11.7. The van der Waals surface area contributed by atoms with Crippen LogP contribution in [0.2, 0.25) is 5.02 Å². The molecule has 0 aliphatic carbocycles. The zero-order valence-electron chi connectivity index (χ0n) is 18.1. The number of carbonyl (C=O) groups excluding carboxylic acids is 1. The zero-order chi connectivity index (χ0) is 22.7. The molecule has 0 bridgehead atoms. The molecule has 1 atom stereocenters. The van der Waals surface area contributed by atoms with Gasteiger partial charge < -0.3 is 15.4 Å². The van der Waals surface area contributed by atoms with Gasteiger partial charge in [0.1, 0.15) is 11.8 Å². The van der Waals surface area contributed by atoms with Crippen molar-refractivity contribution in [1.29, 1.82) is 0 Å². The van der Waals surface area contributed by atoms with Crippen molar-refractivity contribution in [2.45, 2.75) is 32.0 Å². The minimum absolute atomic E-state index is 0.243. The fraction of sp³-hybridized carbons (Fsp3) is 0.261. The quantitative estimate of drug-likeness (QED) is 0.453. The molecule has 0 saturated carbocycles. The summed E-state index contributed by atoms with van der Waals surface area (Å²) in [5.74, 6) is 1.83. The molecule has 2 N–H and O–H groups in total. The number of aromatic nitrogens is 3. The molecule has 1 aliphatic rings. The number of ether oxygens (including phenoxy) is 1. The second-order valence-corrected chi connectivity index (χ2v) is 8.76. The number of fused-ring (bicyclic) bond motifs is 1. The fourth-order valence-electron chi connectivity index (χ4n) is 3.61. The third-order valence-electron chi connectivity index (χ3n) is 4.97. The van der Waals surface area contributed by atoms with Crippen molar-refractivity contribution in [3.05, 3.63) is 70.4 Å². The fourth-order valence-corrected chi connectivity index (χ4v) is 4.29. The summed E-state index contributed by atoms with van der Waals surface area (Å²) >= 11 is 7.67. The van der Waals surface area contributed by atoms with Crippen LogP contribution in [0.5, 0.6) is 5.75 Å². The summed E-state index contributed by atoms with van der Waals surface area (Å²) in [7, 11) is 0. The highest BCUT2D eigenvalue weighted by molar-refractivity contribution is 7.99. The molecule has 0 spiro atoms. The molecule has 0 saturated heterocycles. The zero-order valence-corrected chi connectivity index (χ0v) is 19.6. The number of rotatable bonds is 7. The molecular weight excluding hydrogens is 446 g/mol. The molecule has 1 amide bonds. The number of anilines is 2. The van der Waals surface area contributed by atoms with Gasteiger partial charge in [0.2, 0.25) is 11.1 Å². The molecule has 7 nitrogen and oxygen atoms in total. The number of benzene rings is 2. The second-order valence-electron chi connectivity index (χ2n) is 7.10. The minimum Gasteiger partial charge on any atom is -0.492 e. The molecule has 2 heterocycles. The lowest BCUT2D eigenvalue weighted by Gasteiger charge is -2.28. The van der Waals surface area contributed by atoms with Crippen LogP contribution >= 0.6 is 23.4 Å². The molecular formula is C23H24ClN5O2S. The average Bonchev–Trinajstić information content (AvgIpc) is 3.17. The van der Waals surface area contributed by atoms with E-state index in [-0.39, 0.29) is 5.91 Å². The molecule has 1 unspecified atom stereocenters. The molecule has 166 valence electrons. The first-order valence-electron chi connectivity index (χ1n) is 10.4. The summed E-state index contributed by atoms with van der Waals surface area (Å²) in [6.45, 7) is 6.33. The number of halogens is 1. The number of nitrogens with one attached hydrogen (secondary N) is 2. The molecule has 0 radical (unpaired) electrons. The van der Waals surface area contributed by atoms with Crippen molar-refractivity contribution in [1.82, 2.24) is 14.8 Å². The molecule has 3 aromatic rings. The maximum Gasteiger partial charge on any atom is 0.255 e. The summed E-state index contributed by atoms with van der Waals surface area (Å²) in [5.41, 5.74) is 2.76. The number of thioether (sulfide) groups is 1. The summed E-state index contributed by atoms with van der Waals surface area (Å²) < 4.78 is 7.43. The van der Waals surface area contributed by atoms with E-state index in [0.29, 0.717) is 45.4 Å². The predicted molar refractivity (Wildman–Crippen MR) is 129 cm³/mol. The molecule has 1 aromatic heterocycles. The van der Waals surface area contributed by atoms with Crippen molar-refractivity contribution >= 4 is 40.9 Å². The van der Waals surface area contributed by atoms with Gasteiger partial charge in [0.25, 0.3) is 5.91 Å². The molecule has 32 heavy (non-hydrogen) atoms. The van der Waals surface area contributed by atoms with Gasteiger partial charge in [-0.05, 0) is 49.4 Å². The van der Waals surface area contributed by atoms with E-state index in [2.05, 4.69) is 20.7 Å². The van der Waals surface area contributed by atoms with E-state index in [0.717, 1.165) is 11.3 Å². The van der Waals surface area contributed by atoms with Crippen molar-refractivity contribution in [2.24, 2.45) is 0 Å². The van der Waals surface area contributed by atoms with Crippen LogP contribution in [-0.2, 0) is 4.79 Å². The largest absolute Gasteiger partial charge is 0.492 e. The average molecular weight is 470 g/mol. The van der Waals surface area contributed by atoms with Crippen molar-refractivity contribution in [3.8, 4) is 5.75 Å². The van der Waals surface area contributed by atoms with Gasteiger partial charge in [0.05, 0.1) is 17.9 Å². The van der Waals surface area contributed by atoms with Gasteiger partial charge in [0, 0.05) is 10.7 Å². The van der Waals surface area contributed by atoms with Gasteiger partial charge in [-0.25, -0.2) is 4.68 Å². The van der Waals surface area contributed by atoms with Gasteiger partial charge in [-0.15, -0.1) is 5.10 Å². The van der Waals surface area contributed by atoms with Crippen LogP contribution in [0.25, 0.3) is 0 Å². The first-order chi connectivity index (χ1) is 15.5. The molecule has 4 rings (SSSR count). The van der Waals surface area contributed by atoms with E-state index in [4.69, 9.17) is 16.3 Å². The lowest BCUT2D eigenvalue weighted by atomic mass is 9.95. The third kappa shape index (κ3) is 4.47. The maximum atomic E-state index is 13.6. The number of hydrogen-bond acceptors (Lipinski definition) is 6. The summed E-state index contributed by atoms with van der Waals surface area (Å²) in [6, 6.07) is 14.4. The number of allylic oxidation sites excluding steroid dienone is 1. The van der Waals surface area contributed by atoms with Gasteiger partial charge in [-0.2, -0.15) is 4.98 Å². The van der Waals surface area contributed by atoms with Crippen LogP contribution in [-0.4, -0.2) is 33.0 Å². The van der Waals surface area contributed by atoms with Gasteiger partial charge in [0.15, 0.2) is 0 Å². The Morgan fingerprint density at radius 1 is 1.22 bits per heavy atom. The minimum atomic E-state index is -0.457. The number of nitrogens with zero attached hydrogens (tertiary/aromatic N) is 3. The number of para-hydroxylation sites is 2. The van der Waals surface area contributed by atoms with Crippen LogP contribution in [0.1, 0.15) is 32.4 Å². The van der Waals surface area contributed by atoms with E-state index in [1.807, 2.05) is 69.3 Å². The third-order valence-corrected chi connectivity index (χ3v) is 5.94. The molecule has 1 aliphatic heterocycles. The maximum absolute atomic E-state index is 13.6. The number of amides is 1. The normalized spacial score (nSPS) is 15.2. The van der Waals surface area contributed by atoms with Crippen LogP contribution < -0.4 is 15.4 Å². The van der Waals surface area contributed by atoms with Crippen molar-refractivity contribution in [2.75, 3.05) is 23.0 Å². The van der Waals surface area contributed by atoms with Gasteiger partial charge in [-0.3, -0.25) is 4.79 Å². The van der Waals surface area contributed by atoms with E-state index < -0.39 is 6.04 Å². The highest BCUT2D eigenvalue weighted by Crippen LogP contribution is 2.37. The van der Waals surface area contributed by atoms with Crippen LogP contribution in [0.15, 0.2) is 65.0 Å². The Morgan fingerprint density at radius 3 is 2.69 bits per heavy atom. The van der Waals surface area contributed by atoms with Crippen LogP contribution in [0, 0.1) is 0 Å².